The molecule has 0 aromatic heterocycles. The van der Waals surface area contributed by atoms with Gasteiger partial charge in [-0.3, -0.25) is 5.32 Å². The molecule has 96 valence electrons. The maximum Gasteiger partial charge on any atom is 0.411 e. The molecule has 0 atom stereocenters. The van der Waals surface area contributed by atoms with E-state index in [4.69, 9.17) is 5.11 Å². The Hall–Kier alpha value is -1.89. The molecule has 1 rings (SSSR count). The van der Waals surface area contributed by atoms with Crippen LogP contribution in [0.1, 0.15) is 10.4 Å². The summed E-state index contributed by atoms with van der Waals surface area (Å²) >= 11 is 2.90. The number of halogens is 2. The number of aromatic carboxylic acids is 1. The molecule has 0 aliphatic rings. The fourth-order valence-electron chi connectivity index (χ4n) is 1.08. The monoisotopic (exact) mass is 317 g/mol. The van der Waals surface area contributed by atoms with Crippen LogP contribution in [0.4, 0.5) is 14.9 Å². The van der Waals surface area contributed by atoms with E-state index in [1.54, 1.807) is 0 Å². The van der Waals surface area contributed by atoms with Gasteiger partial charge in [-0.2, -0.15) is 0 Å². The van der Waals surface area contributed by atoms with Crippen molar-refractivity contribution < 1.29 is 23.8 Å². The van der Waals surface area contributed by atoms with Crippen molar-refractivity contribution in [2.24, 2.45) is 0 Å². The third-order valence-electron chi connectivity index (χ3n) is 1.84. The molecule has 2 N–H and O–H groups in total. The van der Waals surface area contributed by atoms with Gasteiger partial charge < -0.3 is 9.84 Å². The zero-order valence-electron chi connectivity index (χ0n) is 9.07. The van der Waals surface area contributed by atoms with E-state index in [1.165, 1.54) is 6.08 Å². The van der Waals surface area contributed by atoms with E-state index in [1.807, 2.05) is 0 Å². The van der Waals surface area contributed by atoms with E-state index in [-0.39, 0.29) is 22.3 Å². The molecule has 0 aliphatic heterocycles. The molecule has 0 unspecified atom stereocenters. The number of nitrogens with one attached hydrogen (secondary N) is 1. The predicted octanol–water partition coefficient (Wildman–Crippen LogP) is 3.02. The van der Waals surface area contributed by atoms with Gasteiger partial charge in [0.05, 0.1) is 15.7 Å². The van der Waals surface area contributed by atoms with Crippen LogP contribution in [0.5, 0.6) is 0 Å². The summed E-state index contributed by atoms with van der Waals surface area (Å²) in [5.74, 6) is -2.10. The Morgan fingerprint density at radius 2 is 2.22 bits per heavy atom. The Kier molecular flexibility index (Phi) is 4.85. The Morgan fingerprint density at radius 1 is 1.56 bits per heavy atom. The lowest BCUT2D eigenvalue weighted by molar-refractivity contribution is 0.0696. The zero-order valence-corrected chi connectivity index (χ0v) is 10.7. The van der Waals surface area contributed by atoms with E-state index < -0.39 is 17.9 Å². The molecule has 5 nitrogen and oxygen atoms in total. The molecule has 1 aromatic rings. The highest BCUT2D eigenvalue weighted by Gasteiger charge is 2.14. The molecule has 0 aliphatic carbocycles. The summed E-state index contributed by atoms with van der Waals surface area (Å²) < 4.78 is 18.0. The van der Waals surface area contributed by atoms with Crippen molar-refractivity contribution in [1.29, 1.82) is 0 Å². The van der Waals surface area contributed by atoms with Crippen LogP contribution in [0.25, 0.3) is 0 Å². The molecule has 0 radical (unpaired) electrons. The molecule has 1 amide bonds. The average molecular weight is 318 g/mol. The van der Waals surface area contributed by atoms with E-state index in [0.717, 1.165) is 12.1 Å². The van der Waals surface area contributed by atoms with Gasteiger partial charge in [-0.15, -0.1) is 0 Å². The number of amides is 1. The molecule has 0 bridgehead atoms. The number of hydrogen-bond acceptors (Lipinski definition) is 3. The van der Waals surface area contributed by atoms with Crippen molar-refractivity contribution in [2.75, 3.05) is 11.9 Å². The van der Waals surface area contributed by atoms with E-state index in [0.29, 0.717) is 0 Å². The second-order valence-corrected chi connectivity index (χ2v) is 3.93. The van der Waals surface area contributed by atoms with Gasteiger partial charge >= 0.3 is 12.1 Å². The van der Waals surface area contributed by atoms with Gasteiger partial charge in [0.1, 0.15) is 12.4 Å². The summed E-state index contributed by atoms with van der Waals surface area (Å²) in [5.41, 5.74) is -0.309. The molecule has 0 saturated heterocycles. The van der Waals surface area contributed by atoms with Gasteiger partial charge in [-0.05, 0) is 28.1 Å². The maximum absolute atomic E-state index is 13.4. The zero-order chi connectivity index (χ0) is 13.7. The lowest BCUT2D eigenvalue weighted by Crippen LogP contribution is -2.15. The summed E-state index contributed by atoms with van der Waals surface area (Å²) in [6.07, 6.45) is 0.528. The predicted molar refractivity (Wildman–Crippen MR) is 66.2 cm³/mol. The molecule has 0 saturated carbocycles. The fourth-order valence-corrected chi connectivity index (χ4v) is 1.41. The number of carbonyl (C=O) groups is 2. The van der Waals surface area contributed by atoms with Gasteiger partial charge in [0, 0.05) is 0 Å². The topological polar surface area (TPSA) is 75.6 Å². The maximum atomic E-state index is 13.4. The van der Waals surface area contributed by atoms with Gasteiger partial charge in [0.15, 0.2) is 0 Å². The first-order valence-electron chi connectivity index (χ1n) is 4.72. The molecule has 1 aromatic carbocycles. The smallest absolute Gasteiger partial charge is 0.411 e. The molecule has 0 spiro atoms. The number of benzene rings is 1. The molecular formula is C11H9BrFNO4. The minimum Gasteiger partial charge on any atom is -0.478 e. The van der Waals surface area contributed by atoms with Crippen molar-refractivity contribution in [2.45, 2.75) is 0 Å². The lowest BCUT2D eigenvalue weighted by Gasteiger charge is -2.09. The summed E-state index contributed by atoms with van der Waals surface area (Å²) in [7, 11) is 0. The largest absolute Gasteiger partial charge is 0.478 e. The minimum atomic E-state index is -1.30. The Bertz CT molecular complexity index is 504. The minimum absolute atomic E-state index is 0.00937. The van der Waals surface area contributed by atoms with Gasteiger partial charge in [-0.1, -0.05) is 12.7 Å². The number of ether oxygens (including phenoxy) is 1. The average Bonchev–Trinajstić information content (AvgIpc) is 2.31. The molecule has 7 heteroatoms. The van der Waals surface area contributed by atoms with Crippen LogP contribution in [-0.4, -0.2) is 23.8 Å². The van der Waals surface area contributed by atoms with Crippen molar-refractivity contribution >= 4 is 33.7 Å². The second kappa shape index (κ2) is 6.15. The van der Waals surface area contributed by atoms with E-state index in [9.17, 15) is 14.0 Å². The van der Waals surface area contributed by atoms with Crippen LogP contribution in [0.3, 0.4) is 0 Å². The molecule has 0 heterocycles. The standard InChI is InChI=1S/C11H9BrFNO4/c1-2-3-18-11(17)14-8-5-6(10(15)16)4-7(13)9(8)12/h2,4-5H,1,3H2,(H,14,17)(H,15,16). The molecule has 0 fully saturated rings. The van der Waals surface area contributed by atoms with Crippen molar-refractivity contribution in [1.82, 2.24) is 0 Å². The van der Waals surface area contributed by atoms with Gasteiger partial charge in [0.25, 0.3) is 0 Å². The number of carboxylic acids is 1. The van der Waals surface area contributed by atoms with Crippen LogP contribution in [0.15, 0.2) is 29.3 Å². The molecule has 18 heavy (non-hydrogen) atoms. The van der Waals surface area contributed by atoms with Gasteiger partial charge in [-0.25, -0.2) is 14.0 Å². The normalized spacial score (nSPS) is 9.67. The first-order chi connectivity index (χ1) is 8.45. The fraction of sp³-hybridized carbons (Fsp3) is 0.0909. The van der Waals surface area contributed by atoms with Gasteiger partial charge in [0.2, 0.25) is 0 Å². The highest BCUT2D eigenvalue weighted by Crippen LogP contribution is 2.27. The van der Waals surface area contributed by atoms with Crippen molar-refractivity contribution in [3.05, 3.63) is 40.6 Å². The van der Waals surface area contributed by atoms with Crippen LogP contribution in [0, 0.1) is 5.82 Å². The summed E-state index contributed by atoms with van der Waals surface area (Å²) in [6.45, 7) is 3.35. The van der Waals surface area contributed by atoms with Crippen LogP contribution >= 0.6 is 15.9 Å². The Morgan fingerprint density at radius 3 is 2.78 bits per heavy atom. The summed E-state index contributed by atoms with van der Waals surface area (Å²) in [5, 5.41) is 11.0. The Balaban J connectivity index is 2.97. The number of hydrogen-bond donors (Lipinski definition) is 2. The number of rotatable bonds is 4. The number of carbonyl (C=O) groups excluding carboxylic acids is 1. The quantitative estimate of drug-likeness (QED) is 0.837. The summed E-state index contributed by atoms with van der Waals surface area (Å²) in [4.78, 5) is 22.0. The first kappa shape index (κ1) is 14.2. The SMILES string of the molecule is C=CCOC(=O)Nc1cc(C(=O)O)cc(F)c1Br. The third kappa shape index (κ3) is 3.56. The van der Waals surface area contributed by atoms with Crippen LogP contribution in [0.2, 0.25) is 0 Å². The molecular weight excluding hydrogens is 309 g/mol. The highest BCUT2D eigenvalue weighted by molar-refractivity contribution is 9.10. The summed E-state index contributed by atoms with van der Waals surface area (Å²) in [6, 6.07) is 1.96. The van der Waals surface area contributed by atoms with E-state index >= 15 is 0 Å². The highest BCUT2D eigenvalue weighted by atomic mass is 79.9. The number of anilines is 1. The second-order valence-electron chi connectivity index (χ2n) is 3.14. The Labute approximate surface area is 110 Å². The lowest BCUT2D eigenvalue weighted by atomic mass is 10.2. The first-order valence-corrected chi connectivity index (χ1v) is 5.52. The van der Waals surface area contributed by atoms with Crippen LogP contribution < -0.4 is 5.32 Å². The van der Waals surface area contributed by atoms with E-state index in [2.05, 4.69) is 32.6 Å². The van der Waals surface area contributed by atoms with Crippen LogP contribution in [-0.2, 0) is 4.74 Å². The van der Waals surface area contributed by atoms with Crippen molar-refractivity contribution in [3.63, 3.8) is 0 Å². The number of carboxylic acid groups (broad SMARTS) is 1. The third-order valence-corrected chi connectivity index (χ3v) is 2.65. The van der Waals surface area contributed by atoms with Crippen molar-refractivity contribution in [3.8, 4) is 0 Å².